The van der Waals surface area contributed by atoms with Gasteiger partial charge in [-0.15, -0.1) is 0 Å². The molecule has 1 aliphatic heterocycles. The Balaban J connectivity index is 1.47. The molecule has 0 radical (unpaired) electrons. The lowest BCUT2D eigenvalue weighted by molar-refractivity contribution is 0.592. The normalized spacial score (nSPS) is 13.4. The van der Waals surface area contributed by atoms with Gasteiger partial charge in [0.25, 0.3) is 0 Å². The number of anilines is 3. The Labute approximate surface area is 271 Å². The van der Waals surface area contributed by atoms with E-state index in [1.54, 1.807) is 0 Å². The molecule has 1 heterocycles. The molecular formula is C42H32NOPSi. The molecule has 2 nitrogen and oxygen atoms in total. The van der Waals surface area contributed by atoms with Crippen molar-refractivity contribution in [3.8, 4) is 0 Å². The number of rotatable bonds is 6. The highest BCUT2D eigenvalue weighted by Gasteiger charge is 2.49. The standard InChI is InChI=1S/C42H32NOPSi/c44-45(33-19-5-1-6-20-33,34-21-7-2-8-22-34)40-30-16-13-27-37(40)43-38-28-14-17-31-41(38)46(35-23-9-3-10-24-35,36-25-11-4-12-26-36)42-32-18-15-29-39(42)43/h1-32H. The van der Waals surface area contributed by atoms with E-state index in [2.05, 4.69) is 132 Å². The summed E-state index contributed by atoms with van der Waals surface area (Å²) in [5.41, 5.74) is 3.18. The van der Waals surface area contributed by atoms with Crippen molar-refractivity contribution in [2.75, 3.05) is 4.90 Å². The minimum absolute atomic E-state index is 0.824. The molecule has 0 N–H and O–H groups in total. The van der Waals surface area contributed by atoms with Gasteiger partial charge in [-0.05, 0) is 45.0 Å². The zero-order chi connectivity index (χ0) is 31.0. The monoisotopic (exact) mass is 625 g/mol. The van der Waals surface area contributed by atoms with Gasteiger partial charge in [-0.1, -0.05) is 170 Å². The van der Waals surface area contributed by atoms with Crippen LogP contribution in [0, 0.1) is 0 Å². The molecule has 1 aliphatic rings. The van der Waals surface area contributed by atoms with E-state index in [-0.39, 0.29) is 0 Å². The van der Waals surface area contributed by atoms with E-state index in [0.29, 0.717) is 0 Å². The molecule has 0 bridgehead atoms. The molecule has 0 saturated carbocycles. The number of hydrogen-bond donors (Lipinski definition) is 0. The Morgan fingerprint density at radius 2 is 0.717 bits per heavy atom. The minimum atomic E-state index is -3.28. The molecule has 0 spiro atoms. The molecular weight excluding hydrogens is 594 g/mol. The van der Waals surface area contributed by atoms with Crippen molar-refractivity contribution in [2.24, 2.45) is 0 Å². The molecule has 0 aromatic heterocycles. The van der Waals surface area contributed by atoms with Crippen LogP contribution in [0.4, 0.5) is 17.1 Å². The molecule has 0 saturated heterocycles. The lowest BCUT2D eigenvalue weighted by Crippen LogP contribution is -2.77. The number of fused-ring (bicyclic) bond motifs is 2. The average Bonchev–Trinajstić information content (AvgIpc) is 3.15. The Hall–Kier alpha value is -5.21. The van der Waals surface area contributed by atoms with Crippen molar-refractivity contribution < 1.29 is 4.57 Å². The molecule has 0 amide bonds. The Bertz CT molecular complexity index is 2050. The predicted molar refractivity (Wildman–Crippen MR) is 198 cm³/mol. The fourth-order valence-corrected chi connectivity index (χ4v) is 15.2. The summed E-state index contributed by atoms with van der Waals surface area (Å²) < 4.78 is 15.9. The van der Waals surface area contributed by atoms with Crippen molar-refractivity contribution in [3.05, 3.63) is 194 Å². The van der Waals surface area contributed by atoms with E-state index in [1.807, 2.05) is 66.7 Å². The summed E-state index contributed by atoms with van der Waals surface area (Å²) in [6.45, 7) is 0. The second kappa shape index (κ2) is 11.6. The zero-order valence-corrected chi connectivity index (χ0v) is 27.2. The van der Waals surface area contributed by atoms with Crippen LogP contribution in [0.15, 0.2) is 194 Å². The molecule has 220 valence electrons. The van der Waals surface area contributed by atoms with Crippen LogP contribution in [0.3, 0.4) is 0 Å². The minimum Gasteiger partial charge on any atom is -0.310 e. The third-order valence-corrected chi connectivity index (χ3v) is 17.2. The molecule has 8 rings (SSSR count). The van der Waals surface area contributed by atoms with Gasteiger partial charge in [0, 0.05) is 27.3 Å². The van der Waals surface area contributed by atoms with E-state index < -0.39 is 15.2 Å². The number of nitrogens with zero attached hydrogens (tertiary/aromatic N) is 1. The van der Waals surface area contributed by atoms with E-state index in [0.717, 1.165) is 33.0 Å². The van der Waals surface area contributed by atoms with Gasteiger partial charge in [-0.3, -0.25) is 0 Å². The first kappa shape index (κ1) is 28.3. The van der Waals surface area contributed by atoms with Crippen LogP contribution < -0.4 is 41.6 Å². The molecule has 46 heavy (non-hydrogen) atoms. The summed E-state index contributed by atoms with van der Waals surface area (Å²) in [7, 11) is -6.04. The fraction of sp³-hybridized carbons (Fsp3) is 0. The molecule has 0 atom stereocenters. The first-order valence-corrected chi connectivity index (χ1v) is 19.4. The maximum atomic E-state index is 15.9. The number of benzene rings is 7. The molecule has 0 unspecified atom stereocenters. The van der Waals surface area contributed by atoms with Gasteiger partial charge < -0.3 is 9.46 Å². The first-order valence-electron chi connectivity index (χ1n) is 15.6. The molecule has 4 heteroatoms. The summed E-state index contributed by atoms with van der Waals surface area (Å²) in [6, 6.07) is 68.0. The van der Waals surface area contributed by atoms with Crippen LogP contribution in [0.2, 0.25) is 0 Å². The summed E-state index contributed by atoms with van der Waals surface area (Å²) >= 11 is 0. The van der Waals surface area contributed by atoms with E-state index in [1.165, 1.54) is 20.7 Å². The maximum absolute atomic E-state index is 15.9. The Kier molecular flexibility index (Phi) is 7.14. The van der Waals surface area contributed by atoms with Crippen LogP contribution in [0.25, 0.3) is 0 Å². The van der Waals surface area contributed by atoms with Crippen LogP contribution in [-0.2, 0) is 4.57 Å². The van der Waals surface area contributed by atoms with Crippen LogP contribution in [-0.4, -0.2) is 8.07 Å². The molecule has 7 aromatic carbocycles. The van der Waals surface area contributed by atoms with Gasteiger partial charge in [-0.25, -0.2) is 0 Å². The van der Waals surface area contributed by atoms with Crippen LogP contribution >= 0.6 is 7.14 Å². The van der Waals surface area contributed by atoms with E-state index in [9.17, 15) is 0 Å². The second-order valence-corrected chi connectivity index (χ2v) is 18.1. The lowest BCUT2D eigenvalue weighted by Gasteiger charge is -2.45. The number of hydrogen-bond acceptors (Lipinski definition) is 2. The zero-order valence-electron chi connectivity index (χ0n) is 25.3. The van der Waals surface area contributed by atoms with Crippen molar-refractivity contribution in [1.29, 1.82) is 0 Å². The van der Waals surface area contributed by atoms with Gasteiger partial charge in [0.1, 0.15) is 0 Å². The molecule has 0 aliphatic carbocycles. The van der Waals surface area contributed by atoms with Crippen molar-refractivity contribution in [1.82, 2.24) is 0 Å². The lowest BCUT2D eigenvalue weighted by atomic mass is 10.1. The average molecular weight is 626 g/mol. The smallest absolute Gasteiger partial charge is 0.184 e. The van der Waals surface area contributed by atoms with Crippen molar-refractivity contribution in [3.63, 3.8) is 0 Å². The second-order valence-electron chi connectivity index (χ2n) is 11.6. The van der Waals surface area contributed by atoms with Gasteiger partial charge in [0.15, 0.2) is 15.2 Å². The van der Waals surface area contributed by atoms with Gasteiger partial charge in [0.05, 0.1) is 5.69 Å². The van der Waals surface area contributed by atoms with Gasteiger partial charge in [-0.2, -0.15) is 0 Å². The predicted octanol–water partition coefficient (Wildman–Crippen LogP) is 6.49. The van der Waals surface area contributed by atoms with E-state index in [4.69, 9.17) is 0 Å². The highest BCUT2D eigenvalue weighted by atomic mass is 31.2. The third-order valence-electron chi connectivity index (χ3n) is 9.21. The SMILES string of the molecule is O=P(c1ccccc1)(c1ccccc1)c1ccccc1N1c2ccccc2[Si](c2ccccc2)(c2ccccc2)c2ccccc21. The van der Waals surface area contributed by atoms with E-state index >= 15 is 4.57 Å². The molecule has 7 aromatic rings. The largest absolute Gasteiger partial charge is 0.310 e. The first-order chi connectivity index (χ1) is 22.7. The van der Waals surface area contributed by atoms with Crippen LogP contribution in [0.5, 0.6) is 0 Å². The number of para-hydroxylation sites is 3. The highest BCUT2D eigenvalue weighted by molar-refractivity contribution is 7.85. The van der Waals surface area contributed by atoms with Crippen LogP contribution in [0.1, 0.15) is 0 Å². The summed E-state index contributed by atoms with van der Waals surface area (Å²) in [5.74, 6) is 0. The third kappa shape index (κ3) is 4.28. The topological polar surface area (TPSA) is 20.3 Å². The van der Waals surface area contributed by atoms with Gasteiger partial charge in [0.2, 0.25) is 0 Å². The molecule has 0 fully saturated rings. The Morgan fingerprint density at radius 3 is 1.17 bits per heavy atom. The summed E-state index contributed by atoms with van der Waals surface area (Å²) in [6.07, 6.45) is 0. The summed E-state index contributed by atoms with van der Waals surface area (Å²) in [4.78, 5) is 2.37. The maximum Gasteiger partial charge on any atom is 0.184 e. The fourth-order valence-electron chi connectivity index (χ4n) is 7.29. The van der Waals surface area contributed by atoms with Gasteiger partial charge >= 0.3 is 0 Å². The highest BCUT2D eigenvalue weighted by Crippen LogP contribution is 2.48. The van der Waals surface area contributed by atoms with Crippen molar-refractivity contribution in [2.45, 2.75) is 0 Å². The quantitative estimate of drug-likeness (QED) is 0.156. The Morgan fingerprint density at radius 1 is 0.370 bits per heavy atom. The van der Waals surface area contributed by atoms with Crippen molar-refractivity contribution >= 4 is 68.9 Å². The summed E-state index contributed by atoms with van der Waals surface area (Å²) in [5, 5.41) is 7.78.